The van der Waals surface area contributed by atoms with Gasteiger partial charge in [0.05, 0.1) is 12.7 Å². The smallest absolute Gasteiger partial charge is 0.175 e. The van der Waals surface area contributed by atoms with E-state index in [1.165, 1.54) is 7.11 Å². The zero-order valence-electron chi connectivity index (χ0n) is 6.11. The molecule has 0 amide bonds. The van der Waals surface area contributed by atoms with Gasteiger partial charge in [0.2, 0.25) is 0 Å². The van der Waals surface area contributed by atoms with Gasteiger partial charge in [-0.25, -0.2) is 0 Å². The summed E-state index contributed by atoms with van der Waals surface area (Å²) >= 11 is 0. The highest BCUT2D eigenvalue weighted by atomic mass is 17.2. The first-order valence-electron chi connectivity index (χ1n) is 3.13. The molecule has 1 aromatic rings. The van der Waals surface area contributed by atoms with Crippen LogP contribution in [0.25, 0.3) is 0 Å². The molecule has 0 aliphatic rings. The summed E-state index contributed by atoms with van der Waals surface area (Å²) in [6, 6.07) is 6.84. The van der Waals surface area contributed by atoms with Gasteiger partial charge < -0.3 is 4.89 Å². The summed E-state index contributed by atoms with van der Waals surface area (Å²) in [5, 5.41) is 0. The molecule has 0 aliphatic carbocycles. The summed E-state index contributed by atoms with van der Waals surface area (Å²) in [5.74, 6) is 0.435. The van der Waals surface area contributed by atoms with Crippen molar-refractivity contribution in [3.63, 3.8) is 0 Å². The number of benzene rings is 1. The quantitative estimate of drug-likeness (QED) is 0.373. The largest absolute Gasteiger partial charge is 0.337 e. The highest BCUT2D eigenvalue weighted by Crippen LogP contribution is 2.14. The van der Waals surface area contributed by atoms with Crippen molar-refractivity contribution in [2.45, 2.75) is 0 Å². The van der Waals surface area contributed by atoms with Crippen LogP contribution in [0.5, 0.6) is 5.75 Å². The number of carbonyl (C=O) groups is 1. The lowest BCUT2D eigenvalue weighted by atomic mass is 10.2. The first kappa shape index (κ1) is 7.75. The third-order valence-corrected chi connectivity index (χ3v) is 1.22. The van der Waals surface area contributed by atoms with Gasteiger partial charge in [-0.1, -0.05) is 12.1 Å². The van der Waals surface area contributed by atoms with Crippen molar-refractivity contribution < 1.29 is 14.6 Å². The molecule has 0 saturated carbocycles. The van der Waals surface area contributed by atoms with Gasteiger partial charge in [0.1, 0.15) is 0 Å². The summed E-state index contributed by atoms with van der Waals surface area (Å²) in [6.45, 7) is 0. The molecule has 0 unspecified atom stereocenters. The molecule has 1 aromatic carbocycles. The molecule has 58 valence electrons. The lowest BCUT2D eigenvalue weighted by Crippen LogP contribution is -1.94. The number of rotatable bonds is 3. The van der Waals surface area contributed by atoms with Crippen molar-refractivity contribution in [1.29, 1.82) is 0 Å². The minimum absolute atomic E-state index is 0.435. The van der Waals surface area contributed by atoms with Gasteiger partial charge in [0.15, 0.2) is 12.0 Å². The van der Waals surface area contributed by atoms with Gasteiger partial charge in [-0.3, -0.25) is 4.79 Å². The minimum atomic E-state index is 0.435. The van der Waals surface area contributed by atoms with E-state index in [-0.39, 0.29) is 0 Å². The molecule has 0 bridgehead atoms. The van der Waals surface area contributed by atoms with E-state index in [9.17, 15) is 4.79 Å². The van der Waals surface area contributed by atoms with Gasteiger partial charge in [-0.2, -0.15) is 4.89 Å². The molecule has 0 aliphatic heterocycles. The van der Waals surface area contributed by atoms with E-state index in [2.05, 4.69) is 4.89 Å². The Morgan fingerprint density at radius 3 is 2.73 bits per heavy atom. The number of hydrogen-bond acceptors (Lipinski definition) is 3. The van der Waals surface area contributed by atoms with Crippen LogP contribution < -0.4 is 4.89 Å². The fourth-order valence-corrected chi connectivity index (χ4v) is 0.744. The normalized spacial score (nSPS) is 9.18. The topological polar surface area (TPSA) is 35.5 Å². The Labute approximate surface area is 64.5 Å². The van der Waals surface area contributed by atoms with Gasteiger partial charge in [0.25, 0.3) is 0 Å². The zero-order chi connectivity index (χ0) is 8.10. The predicted molar refractivity (Wildman–Crippen MR) is 39.5 cm³/mol. The van der Waals surface area contributed by atoms with E-state index in [0.29, 0.717) is 17.6 Å². The van der Waals surface area contributed by atoms with Crippen LogP contribution in [0.2, 0.25) is 0 Å². The minimum Gasteiger partial charge on any atom is -0.337 e. The standard InChI is InChI=1S/C8H8O3/c1-10-11-8-5-3-2-4-7(8)6-9/h2-6H,1H3. The maximum Gasteiger partial charge on any atom is 0.175 e. The average molecular weight is 152 g/mol. The van der Waals surface area contributed by atoms with E-state index in [4.69, 9.17) is 4.89 Å². The van der Waals surface area contributed by atoms with Crippen LogP contribution in [0.15, 0.2) is 24.3 Å². The van der Waals surface area contributed by atoms with Crippen molar-refractivity contribution >= 4 is 6.29 Å². The molecule has 0 saturated heterocycles. The highest BCUT2D eigenvalue weighted by Gasteiger charge is 1.99. The Morgan fingerprint density at radius 2 is 2.09 bits per heavy atom. The number of hydrogen-bond donors (Lipinski definition) is 0. The molecule has 3 nitrogen and oxygen atoms in total. The van der Waals surface area contributed by atoms with Crippen molar-refractivity contribution in [2.24, 2.45) is 0 Å². The maximum atomic E-state index is 10.4. The number of aldehydes is 1. The van der Waals surface area contributed by atoms with Gasteiger partial charge in [-0.15, -0.1) is 0 Å². The molecule has 0 atom stereocenters. The molecule has 11 heavy (non-hydrogen) atoms. The van der Waals surface area contributed by atoms with Crippen LogP contribution in [-0.2, 0) is 4.89 Å². The molecule has 0 radical (unpaired) electrons. The fraction of sp³-hybridized carbons (Fsp3) is 0.125. The SMILES string of the molecule is COOc1ccccc1C=O. The third-order valence-electron chi connectivity index (χ3n) is 1.22. The van der Waals surface area contributed by atoms with Crippen molar-refractivity contribution in [2.75, 3.05) is 7.11 Å². The summed E-state index contributed by atoms with van der Waals surface area (Å²) in [6.07, 6.45) is 0.717. The number of para-hydroxylation sites is 1. The lowest BCUT2D eigenvalue weighted by molar-refractivity contribution is -0.178. The van der Waals surface area contributed by atoms with E-state index >= 15 is 0 Å². The molecule has 3 heteroatoms. The van der Waals surface area contributed by atoms with Crippen LogP contribution >= 0.6 is 0 Å². The van der Waals surface area contributed by atoms with Gasteiger partial charge in [0, 0.05) is 0 Å². The first-order valence-corrected chi connectivity index (χ1v) is 3.13. The molecule has 0 spiro atoms. The van der Waals surface area contributed by atoms with Crippen LogP contribution in [0.3, 0.4) is 0 Å². The van der Waals surface area contributed by atoms with Crippen molar-refractivity contribution in [3.8, 4) is 5.75 Å². The monoisotopic (exact) mass is 152 g/mol. The molecular weight excluding hydrogens is 144 g/mol. The number of carbonyl (C=O) groups excluding carboxylic acids is 1. The highest BCUT2D eigenvalue weighted by molar-refractivity contribution is 5.78. The Morgan fingerprint density at radius 1 is 1.36 bits per heavy atom. The molecule has 0 N–H and O–H groups in total. The van der Waals surface area contributed by atoms with Gasteiger partial charge in [-0.05, 0) is 12.1 Å². The fourth-order valence-electron chi connectivity index (χ4n) is 0.744. The second-order valence-electron chi connectivity index (χ2n) is 1.91. The second-order valence-corrected chi connectivity index (χ2v) is 1.91. The summed E-state index contributed by atoms with van der Waals surface area (Å²) in [7, 11) is 1.39. The van der Waals surface area contributed by atoms with E-state index in [0.717, 1.165) is 0 Å². The third kappa shape index (κ3) is 1.78. The van der Waals surface area contributed by atoms with E-state index in [1.807, 2.05) is 0 Å². The van der Waals surface area contributed by atoms with E-state index < -0.39 is 0 Å². The zero-order valence-corrected chi connectivity index (χ0v) is 6.11. The molecule has 0 fully saturated rings. The average Bonchev–Trinajstić information content (AvgIpc) is 2.06. The Bertz CT molecular complexity index is 245. The Hall–Kier alpha value is -1.35. The van der Waals surface area contributed by atoms with Crippen molar-refractivity contribution in [3.05, 3.63) is 29.8 Å². The lowest BCUT2D eigenvalue weighted by Gasteiger charge is -2.01. The summed E-state index contributed by atoms with van der Waals surface area (Å²) < 4.78 is 0. The second kappa shape index (κ2) is 3.73. The molecule has 0 aromatic heterocycles. The molecule has 1 rings (SSSR count). The summed E-state index contributed by atoms with van der Waals surface area (Å²) in [5.41, 5.74) is 0.481. The predicted octanol–water partition coefficient (Wildman–Crippen LogP) is 1.44. The van der Waals surface area contributed by atoms with Crippen molar-refractivity contribution in [1.82, 2.24) is 0 Å². The van der Waals surface area contributed by atoms with Gasteiger partial charge >= 0.3 is 0 Å². The van der Waals surface area contributed by atoms with E-state index in [1.54, 1.807) is 24.3 Å². The van der Waals surface area contributed by atoms with Crippen LogP contribution in [-0.4, -0.2) is 13.4 Å². The van der Waals surface area contributed by atoms with Crippen LogP contribution in [0.4, 0.5) is 0 Å². The molecular formula is C8H8O3. The van der Waals surface area contributed by atoms with Crippen LogP contribution in [0.1, 0.15) is 10.4 Å². The maximum absolute atomic E-state index is 10.4. The Balaban J connectivity index is 2.92. The molecule has 0 heterocycles. The first-order chi connectivity index (χ1) is 5.38. The summed E-state index contributed by atoms with van der Waals surface area (Å²) in [4.78, 5) is 19.5. The Kier molecular flexibility index (Phi) is 2.63. The van der Waals surface area contributed by atoms with Crippen LogP contribution in [0, 0.1) is 0 Å².